The van der Waals surface area contributed by atoms with Gasteiger partial charge in [0.1, 0.15) is 6.04 Å². The van der Waals surface area contributed by atoms with Gasteiger partial charge in [0.05, 0.1) is 18.1 Å². The van der Waals surface area contributed by atoms with Crippen molar-refractivity contribution in [3.05, 3.63) is 29.3 Å². The summed E-state index contributed by atoms with van der Waals surface area (Å²) in [5, 5.41) is 6.02. The minimum absolute atomic E-state index is 0.0914. The molecule has 2 rings (SSSR count). The summed E-state index contributed by atoms with van der Waals surface area (Å²) < 4.78 is 31.6. The van der Waals surface area contributed by atoms with Crippen molar-refractivity contribution in [1.29, 1.82) is 0 Å². The Morgan fingerprint density at radius 3 is 2.91 bits per heavy atom. The van der Waals surface area contributed by atoms with Gasteiger partial charge in [-0.15, -0.1) is 0 Å². The zero-order valence-corrected chi connectivity index (χ0v) is 13.4. The minimum Gasteiger partial charge on any atom is -0.378 e. The first-order valence-corrected chi connectivity index (χ1v) is 8.69. The van der Waals surface area contributed by atoms with Gasteiger partial charge in [-0.05, 0) is 18.2 Å². The summed E-state index contributed by atoms with van der Waals surface area (Å²) in [5.41, 5.74) is 0. The zero-order chi connectivity index (χ0) is 16.0. The minimum atomic E-state index is -3.63. The summed E-state index contributed by atoms with van der Waals surface area (Å²) in [4.78, 5) is 11.9. The van der Waals surface area contributed by atoms with Crippen molar-refractivity contribution in [1.82, 2.24) is 15.4 Å². The van der Waals surface area contributed by atoms with Crippen LogP contribution in [0.3, 0.4) is 0 Å². The van der Waals surface area contributed by atoms with E-state index >= 15 is 0 Å². The second kappa shape index (κ2) is 7.89. The molecule has 0 aliphatic carbocycles. The van der Waals surface area contributed by atoms with Crippen LogP contribution in [0, 0.1) is 0 Å². The van der Waals surface area contributed by atoms with Crippen molar-refractivity contribution in [2.45, 2.75) is 10.9 Å². The number of hydrogen-bond acceptors (Lipinski definition) is 5. The number of rotatable bonds is 6. The van der Waals surface area contributed by atoms with E-state index in [1.54, 1.807) is 12.1 Å². The van der Waals surface area contributed by atoms with E-state index in [9.17, 15) is 13.2 Å². The highest BCUT2D eigenvalue weighted by molar-refractivity contribution is 7.89. The van der Waals surface area contributed by atoms with Crippen LogP contribution in [0.4, 0.5) is 0 Å². The summed E-state index contributed by atoms with van der Waals surface area (Å²) in [6.07, 6.45) is 0. The fourth-order valence-corrected chi connectivity index (χ4v) is 3.28. The fourth-order valence-electron chi connectivity index (χ4n) is 1.95. The van der Waals surface area contributed by atoms with Crippen LogP contribution in [0.15, 0.2) is 29.2 Å². The molecule has 22 heavy (non-hydrogen) atoms. The third kappa shape index (κ3) is 4.92. The van der Waals surface area contributed by atoms with Crippen molar-refractivity contribution in [2.75, 3.05) is 32.8 Å². The van der Waals surface area contributed by atoms with Crippen LogP contribution in [-0.4, -0.2) is 53.2 Å². The van der Waals surface area contributed by atoms with E-state index in [4.69, 9.17) is 16.3 Å². The van der Waals surface area contributed by atoms with Crippen LogP contribution in [0.25, 0.3) is 0 Å². The molecule has 9 heteroatoms. The maximum absolute atomic E-state index is 12.0. The lowest BCUT2D eigenvalue weighted by atomic mass is 10.2. The SMILES string of the molecule is O=C(NCCNS(=O)(=O)c1cccc(Cl)c1)C1COCCN1. The van der Waals surface area contributed by atoms with Crippen LogP contribution in [-0.2, 0) is 19.6 Å². The van der Waals surface area contributed by atoms with Gasteiger partial charge in [-0.2, -0.15) is 0 Å². The lowest BCUT2D eigenvalue weighted by molar-refractivity contribution is -0.125. The van der Waals surface area contributed by atoms with Gasteiger partial charge < -0.3 is 15.4 Å². The molecular weight excluding hydrogens is 330 g/mol. The van der Waals surface area contributed by atoms with E-state index in [1.165, 1.54) is 12.1 Å². The molecule has 1 atom stereocenters. The molecule has 3 N–H and O–H groups in total. The van der Waals surface area contributed by atoms with Crippen molar-refractivity contribution in [3.63, 3.8) is 0 Å². The number of sulfonamides is 1. The largest absolute Gasteiger partial charge is 0.378 e. The number of morpholine rings is 1. The zero-order valence-electron chi connectivity index (χ0n) is 11.8. The molecular formula is C13H18ClN3O4S. The van der Waals surface area contributed by atoms with E-state index in [1.807, 2.05) is 0 Å². The number of halogens is 1. The van der Waals surface area contributed by atoms with Gasteiger partial charge in [0.15, 0.2) is 0 Å². The van der Waals surface area contributed by atoms with Gasteiger partial charge in [0, 0.05) is 24.7 Å². The van der Waals surface area contributed by atoms with Crippen LogP contribution in [0.5, 0.6) is 0 Å². The third-order valence-electron chi connectivity index (χ3n) is 3.06. The molecule has 0 radical (unpaired) electrons. The Bertz CT molecular complexity index is 617. The van der Waals surface area contributed by atoms with E-state index in [2.05, 4.69) is 15.4 Å². The quantitative estimate of drug-likeness (QED) is 0.615. The molecule has 1 unspecified atom stereocenters. The molecule has 1 aliphatic heterocycles. The molecule has 1 aliphatic rings. The van der Waals surface area contributed by atoms with E-state index in [0.717, 1.165) is 0 Å². The van der Waals surface area contributed by atoms with E-state index < -0.39 is 16.1 Å². The number of nitrogens with one attached hydrogen (secondary N) is 3. The number of benzene rings is 1. The molecule has 1 aromatic carbocycles. The first-order chi connectivity index (χ1) is 10.5. The second-order valence-corrected chi connectivity index (χ2v) is 6.93. The number of hydrogen-bond donors (Lipinski definition) is 3. The lowest BCUT2D eigenvalue weighted by Crippen LogP contribution is -2.52. The van der Waals surface area contributed by atoms with E-state index in [0.29, 0.717) is 24.8 Å². The number of ether oxygens (including phenoxy) is 1. The predicted molar refractivity (Wildman–Crippen MR) is 82.3 cm³/mol. The first-order valence-electron chi connectivity index (χ1n) is 6.83. The van der Waals surface area contributed by atoms with Gasteiger partial charge in [-0.25, -0.2) is 13.1 Å². The maximum atomic E-state index is 12.0. The van der Waals surface area contributed by atoms with Crippen LogP contribution >= 0.6 is 11.6 Å². The number of carbonyl (C=O) groups is 1. The van der Waals surface area contributed by atoms with Crippen molar-refractivity contribution < 1.29 is 17.9 Å². The Morgan fingerprint density at radius 2 is 2.23 bits per heavy atom. The van der Waals surface area contributed by atoms with Crippen LogP contribution in [0.1, 0.15) is 0 Å². The molecule has 1 amide bonds. The molecule has 1 heterocycles. The highest BCUT2D eigenvalue weighted by atomic mass is 35.5. The average molecular weight is 348 g/mol. The first kappa shape index (κ1) is 17.2. The van der Waals surface area contributed by atoms with Crippen molar-refractivity contribution >= 4 is 27.5 Å². The summed E-state index contributed by atoms with van der Waals surface area (Å²) in [7, 11) is -3.63. The van der Waals surface area contributed by atoms with Gasteiger partial charge in [0.2, 0.25) is 15.9 Å². The summed E-state index contributed by atoms with van der Waals surface area (Å²) in [6, 6.07) is 5.59. The topological polar surface area (TPSA) is 96.5 Å². The number of amides is 1. The third-order valence-corrected chi connectivity index (χ3v) is 4.75. The predicted octanol–water partition coefficient (Wildman–Crippen LogP) is -0.277. The Hall–Kier alpha value is -1.19. The highest BCUT2D eigenvalue weighted by Gasteiger charge is 2.20. The molecule has 1 fully saturated rings. The van der Waals surface area contributed by atoms with Gasteiger partial charge in [-0.1, -0.05) is 17.7 Å². The van der Waals surface area contributed by atoms with Gasteiger partial charge >= 0.3 is 0 Å². The standard InChI is InChI=1S/C13H18ClN3O4S/c14-10-2-1-3-11(8-10)22(19,20)17-5-4-16-13(18)12-9-21-7-6-15-12/h1-3,8,12,15,17H,4-7,9H2,(H,16,18). The lowest BCUT2D eigenvalue weighted by Gasteiger charge is -2.22. The Balaban J connectivity index is 1.77. The molecule has 122 valence electrons. The summed E-state index contributed by atoms with van der Waals surface area (Å²) >= 11 is 5.77. The summed E-state index contributed by atoms with van der Waals surface area (Å²) in [5.74, 6) is -0.207. The molecule has 0 saturated carbocycles. The van der Waals surface area contributed by atoms with Crippen molar-refractivity contribution in [3.8, 4) is 0 Å². The average Bonchev–Trinajstić information content (AvgIpc) is 2.52. The smallest absolute Gasteiger partial charge is 0.240 e. The molecule has 0 bridgehead atoms. The number of carbonyl (C=O) groups excluding carboxylic acids is 1. The Kier molecular flexibility index (Phi) is 6.16. The van der Waals surface area contributed by atoms with E-state index in [-0.39, 0.29) is 23.9 Å². The van der Waals surface area contributed by atoms with Crippen LogP contribution < -0.4 is 15.4 Å². The normalized spacial score (nSPS) is 18.9. The Labute approximate surface area is 134 Å². The molecule has 0 aromatic heterocycles. The molecule has 7 nitrogen and oxygen atoms in total. The molecule has 1 aromatic rings. The van der Waals surface area contributed by atoms with Crippen molar-refractivity contribution in [2.24, 2.45) is 0 Å². The molecule has 1 saturated heterocycles. The fraction of sp³-hybridized carbons (Fsp3) is 0.462. The highest BCUT2D eigenvalue weighted by Crippen LogP contribution is 2.14. The monoisotopic (exact) mass is 347 g/mol. The maximum Gasteiger partial charge on any atom is 0.240 e. The second-order valence-electron chi connectivity index (χ2n) is 4.73. The Morgan fingerprint density at radius 1 is 1.41 bits per heavy atom. The molecule has 0 spiro atoms. The van der Waals surface area contributed by atoms with Gasteiger partial charge in [-0.3, -0.25) is 4.79 Å². The summed E-state index contributed by atoms with van der Waals surface area (Å²) in [6.45, 7) is 1.81. The van der Waals surface area contributed by atoms with Crippen LogP contribution in [0.2, 0.25) is 5.02 Å². The van der Waals surface area contributed by atoms with Gasteiger partial charge in [0.25, 0.3) is 0 Å².